The highest BCUT2D eigenvalue weighted by Gasteiger charge is 2.47. The molecular formula is C16H12Cl2N2O3. The summed E-state index contributed by atoms with van der Waals surface area (Å²) in [6.45, 7) is 0. The number of amides is 1. The standard InChI is InChI=1S/C16H12Cl2N2O3/c17-9-5-11-14(12(18)6-9)20-15(22)16(11,23)7-13(21)8-1-3-10(19)4-2-8/h1-6,23H,7,19H2,(H,20,22). The monoisotopic (exact) mass is 350 g/mol. The van der Waals surface area contributed by atoms with Crippen molar-refractivity contribution in [1.29, 1.82) is 0 Å². The molecule has 0 saturated carbocycles. The van der Waals surface area contributed by atoms with E-state index in [-0.39, 0.29) is 21.3 Å². The zero-order valence-corrected chi connectivity index (χ0v) is 13.3. The molecule has 3 rings (SSSR count). The summed E-state index contributed by atoms with van der Waals surface area (Å²) in [4.78, 5) is 24.6. The van der Waals surface area contributed by atoms with Crippen molar-refractivity contribution >= 4 is 46.3 Å². The van der Waals surface area contributed by atoms with Crippen molar-refractivity contribution in [2.24, 2.45) is 0 Å². The van der Waals surface area contributed by atoms with Gasteiger partial charge in [-0.1, -0.05) is 23.2 Å². The zero-order valence-electron chi connectivity index (χ0n) is 11.8. The first-order chi connectivity index (χ1) is 10.8. The van der Waals surface area contributed by atoms with Crippen molar-refractivity contribution in [3.05, 3.63) is 57.6 Å². The summed E-state index contributed by atoms with van der Waals surface area (Å²) in [5, 5.41) is 13.7. The number of carbonyl (C=O) groups is 2. The van der Waals surface area contributed by atoms with Crippen molar-refractivity contribution in [2.75, 3.05) is 11.1 Å². The molecule has 0 spiro atoms. The summed E-state index contributed by atoms with van der Waals surface area (Å²) < 4.78 is 0. The van der Waals surface area contributed by atoms with E-state index in [0.29, 0.717) is 11.3 Å². The number of carbonyl (C=O) groups excluding carboxylic acids is 2. The molecule has 1 aliphatic heterocycles. The van der Waals surface area contributed by atoms with Crippen molar-refractivity contribution in [3.63, 3.8) is 0 Å². The molecule has 0 bridgehead atoms. The minimum atomic E-state index is -2.01. The van der Waals surface area contributed by atoms with Gasteiger partial charge in [0.1, 0.15) is 0 Å². The largest absolute Gasteiger partial charge is 0.399 e. The van der Waals surface area contributed by atoms with E-state index >= 15 is 0 Å². The second kappa shape index (κ2) is 5.53. The molecule has 4 N–H and O–H groups in total. The summed E-state index contributed by atoms with van der Waals surface area (Å²) in [6, 6.07) is 9.12. The summed E-state index contributed by atoms with van der Waals surface area (Å²) in [5.41, 5.74) is 4.90. The Morgan fingerprint density at radius 3 is 2.52 bits per heavy atom. The Morgan fingerprint density at radius 1 is 1.22 bits per heavy atom. The number of hydrogen-bond donors (Lipinski definition) is 3. The molecule has 5 nitrogen and oxygen atoms in total. The van der Waals surface area contributed by atoms with Crippen molar-refractivity contribution in [2.45, 2.75) is 12.0 Å². The Kier molecular flexibility index (Phi) is 3.80. The fourth-order valence-electron chi connectivity index (χ4n) is 2.55. The van der Waals surface area contributed by atoms with Gasteiger partial charge in [0.05, 0.1) is 17.1 Å². The molecule has 23 heavy (non-hydrogen) atoms. The highest BCUT2D eigenvalue weighted by molar-refractivity contribution is 6.37. The van der Waals surface area contributed by atoms with Crippen LogP contribution in [0, 0.1) is 0 Å². The third-order valence-electron chi connectivity index (χ3n) is 3.76. The number of aliphatic hydroxyl groups is 1. The third-order valence-corrected chi connectivity index (χ3v) is 4.28. The van der Waals surface area contributed by atoms with Crippen molar-refractivity contribution < 1.29 is 14.7 Å². The van der Waals surface area contributed by atoms with Gasteiger partial charge in [0.15, 0.2) is 11.4 Å². The molecule has 0 aliphatic carbocycles. The second-order valence-corrected chi connectivity index (χ2v) is 6.19. The molecule has 1 amide bonds. The van der Waals surface area contributed by atoms with Gasteiger partial charge in [-0.05, 0) is 36.4 Å². The number of Topliss-reactive ketones (excluding diaryl/α,β-unsaturated/α-hetero) is 1. The van der Waals surface area contributed by atoms with Gasteiger partial charge in [-0.15, -0.1) is 0 Å². The minimum Gasteiger partial charge on any atom is -0.399 e. The molecule has 0 aromatic heterocycles. The van der Waals surface area contributed by atoms with Crippen molar-refractivity contribution in [3.8, 4) is 0 Å². The predicted octanol–water partition coefficient (Wildman–Crippen LogP) is 2.99. The van der Waals surface area contributed by atoms with Crippen LogP contribution in [-0.2, 0) is 10.4 Å². The van der Waals surface area contributed by atoms with Gasteiger partial charge in [-0.25, -0.2) is 0 Å². The number of fused-ring (bicyclic) bond motifs is 1. The average Bonchev–Trinajstić information content (AvgIpc) is 2.73. The van der Waals surface area contributed by atoms with Gasteiger partial charge in [-0.3, -0.25) is 9.59 Å². The summed E-state index contributed by atoms with van der Waals surface area (Å²) >= 11 is 12.0. The lowest BCUT2D eigenvalue weighted by atomic mass is 9.88. The topological polar surface area (TPSA) is 92.4 Å². The van der Waals surface area contributed by atoms with Gasteiger partial charge in [0.25, 0.3) is 5.91 Å². The van der Waals surface area contributed by atoms with E-state index in [2.05, 4.69) is 5.32 Å². The predicted molar refractivity (Wildman–Crippen MR) is 88.8 cm³/mol. The molecular weight excluding hydrogens is 339 g/mol. The first-order valence-corrected chi connectivity index (χ1v) is 7.49. The van der Waals surface area contributed by atoms with Gasteiger partial charge in [-0.2, -0.15) is 0 Å². The number of rotatable bonds is 3. The summed E-state index contributed by atoms with van der Waals surface area (Å²) in [5.74, 6) is -1.10. The Morgan fingerprint density at radius 2 is 1.87 bits per heavy atom. The van der Waals surface area contributed by atoms with Crippen LogP contribution in [0.4, 0.5) is 11.4 Å². The fraction of sp³-hybridized carbons (Fsp3) is 0.125. The number of nitrogens with one attached hydrogen (secondary N) is 1. The van der Waals surface area contributed by atoms with Crippen LogP contribution in [0.2, 0.25) is 10.0 Å². The highest BCUT2D eigenvalue weighted by Crippen LogP contribution is 2.44. The minimum absolute atomic E-state index is 0.198. The first kappa shape index (κ1) is 15.8. The van der Waals surface area contributed by atoms with E-state index in [1.54, 1.807) is 24.3 Å². The SMILES string of the molecule is Nc1ccc(C(=O)CC2(O)C(=O)Nc3c(Cl)cc(Cl)cc32)cc1. The molecule has 0 radical (unpaired) electrons. The molecule has 1 atom stereocenters. The highest BCUT2D eigenvalue weighted by atomic mass is 35.5. The lowest BCUT2D eigenvalue weighted by Gasteiger charge is -2.20. The van der Waals surface area contributed by atoms with E-state index < -0.39 is 23.7 Å². The lowest BCUT2D eigenvalue weighted by Crippen LogP contribution is -2.36. The normalized spacial score (nSPS) is 19.3. The van der Waals surface area contributed by atoms with Crippen molar-refractivity contribution in [1.82, 2.24) is 0 Å². The molecule has 7 heteroatoms. The van der Waals surface area contributed by atoms with Gasteiger partial charge in [0.2, 0.25) is 0 Å². The van der Waals surface area contributed by atoms with Crippen LogP contribution in [0.1, 0.15) is 22.3 Å². The molecule has 1 unspecified atom stereocenters. The van der Waals surface area contributed by atoms with Gasteiger partial charge in [0, 0.05) is 21.8 Å². The van der Waals surface area contributed by atoms with E-state index in [9.17, 15) is 14.7 Å². The smallest absolute Gasteiger partial charge is 0.261 e. The van der Waals surface area contributed by atoms with Gasteiger partial charge < -0.3 is 16.2 Å². The number of benzene rings is 2. The van der Waals surface area contributed by atoms with E-state index in [4.69, 9.17) is 28.9 Å². The molecule has 0 saturated heterocycles. The number of ketones is 1. The van der Waals surface area contributed by atoms with Gasteiger partial charge >= 0.3 is 0 Å². The Bertz CT molecular complexity index is 821. The third kappa shape index (κ3) is 2.67. The number of nitrogens with two attached hydrogens (primary N) is 1. The Labute approximate surface area is 142 Å². The Hall–Kier alpha value is -2.08. The number of hydrogen-bond acceptors (Lipinski definition) is 4. The lowest BCUT2D eigenvalue weighted by molar-refractivity contribution is -0.133. The maximum atomic E-state index is 12.4. The zero-order chi connectivity index (χ0) is 16.8. The van der Waals surface area contributed by atoms with Crippen LogP contribution in [0.5, 0.6) is 0 Å². The number of nitrogen functional groups attached to an aromatic ring is 1. The van der Waals surface area contributed by atoms with E-state index in [1.807, 2.05) is 0 Å². The van der Waals surface area contributed by atoms with Crippen LogP contribution in [-0.4, -0.2) is 16.8 Å². The molecule has 0 fully saturated rings. The molecule has 1 aliphatic rings. The second-order valence-electron chi connectivity index (χ2n) is 5.35. The molecule has 1 heterocycles. The van der Waals surface area contributed by atoms with Crippen LogP contribution >= 0.6 is 23.2 Å². The Balaban J connectivity index is 1.98. The summed E-state index contributed by atoms with van der Waals surface area (Å²) in [6.07, 6.45) is -0.424. The number of anilines is 2. The maximum absolute atomic E-state index is 12.4. The molecule has 2 aromatic carbocycles. The van der Waals surface area contributed by atoms with E-state index in [0.717, 1.165) is 0 Å². The number of halogens is 2. The maximum Gasteiger partial charge on any atom is 0.261 e. The molecule has 118 valence electrons. The average molecular weight is 351 g/mol. The van der Waals surface area contributed by atoms with E-state index in [1.165, 1.54) is 12.1 Å². The quantitative estimate of drug-likeness (QED) is 0.586. The fourth-order valence-corrected chi connectivity index (χ4v) is 3.09. The van der Waals surface area contributed by atoms with Crippen LogP contribution < -0.4 is 11.1 Å². The molecule has 2 aromatic rings. The van der Waals surface area contributed by atoms with Crippen LogP contribution in [0.3, 0.4) is 0 Å². The van der Waals surface area contributed by atoms with Crippen LogP contribution in [0.25, 0.3) is 0 Å². The summed E-state index contributed by atoms with van der Waals surface area (Å²) in [7, 11) is 0. The van der Waals surface area contributed by atoms with Crippen LogP contribution in [0.15, 0.2) is 36.4 Å². The first-order valence-electron chi connectivity index (χ1n) is 6.73.